The Morgan fingerprint density at radius 3 is 2.73 bits per heavy atom. The van der Waals surface area contributed by atoms with Crippen LogP contribution >= 0.6 is 35.4 Å². The number of nitrogens with one attached hydrogen (secondary N) is 1. The van der Waals surface area contributed by atoms with Gasteiger partial charge >= 0.3 is 0 Å². The number of hydrogen-bond acceptors (Lipinski definition) is 1. The average molecular weight is 259 g/mol. The molecule has 0 saturated heterocycles. The van der Waals surface area contributed by atoms with E-state index < -0.39 is 0 Å². The summed E-state index contributed by atoms with van der Waals surface area (Å²) in [5.41, 5.74) is 1.82. The van der Waals surface area contributed by atoms with E-state index in [1.165, 1.54) is 0 Å². The smallest absolute Gasteiger partial charge is 0.178 e. The minimum Gasteiger partial charge on any atom is -0.331 e. The fourth-order valence-corrected chi connectivity index (χ4v) is 2.07. The number of nitrogens with zero attached hydrogens (tertiary/aromatic N) is 1. The Balaban J connectivity index is 2.81. The normalized spacial score (nSPS) is 10.8. The SMILES string of the molecule is C=CCn1c(=S)[nH]c2cc(Cl)c(Cl)cc21. The molecule has 2 aromatic rings. The van der Waals surface area contributed by atoms with Crippen LogP contribution in [0.2, 0.25) is 10.0 Å². The summed E-state index contributed by atoms with van der Waals surface area (Å²) in [5, 5.41) is 1.04. The molecular weight excluding hydrogens is 251 g/mol. The first kappa shape index (κ1) is 10.7. The number of imidazole rings is 1. The lowest BCUT2D eigenvalue weighted by Crippen LogP contribution is -1.93. The molecule has 1 N–H and O–H groups in total. The van der Waals surface area contributed by atoms with Gasteiger partial charge in [0.15, 0.2) is 4.77 Å². The maximum Gasteiger partial charge on any atom is 0.178 e. The summed E-state index contributed by atoms with van der Waals surface area (Å²) in [7, 11) is 0. The van der Waals surface area contributed by atoms with E-state index in [1.807, 2.05) is 4.57 Å². The third kappa shape index (κ3) is 1.83. The van der Waals surface area contributed by atoms with Crippen LogP contribution in [-0.2, 0) is 6.54 Å². The van der Waals surface area contributed by atoms with Crippen molar-refractivity contribution >= 4 is 46.5 Å². The second-order valence-electron chi connectivity index (χ2n) is 3.11. The third-order valence-corrected chi connectivity index (χ3v) is 3.17. The van der Waals surface area contributed by atoms with Crippen LogP contribution in [0.25, 0.3) is 11.0 Å². The summed E-state index contributed by atoms with van der Waals surface area (Å²) in [6.45, 7) is 4.33. The van der Waals surface area contributed by atoms with Gasteiger partial charge in [-0.3, -0.25) is 0 Å². The highest BCUT2D eigenvalue weighted by Gasteiger charge is 2.06. The molecule has 0 aliphatic heterocycles. The van der Waals surface area contributed by atoms with Crippen molar-refractivity contribution in [3.05, 3.63) is 39.6 Å². The molecule has 1 heterocycles. The van der Waals surface area contributed by atoms with E-state index in [0.717, 1.165) is 11.0 Å². The molecule has 1 aromatic heterocycles. The van der Waals surface area contributed by atoms with Crippen molar-refractivity contribution in [1.82, 2.24) is 9.55 Å². The lowest BCUT2D eigenvalue weighted by Gasteiger charge is -2.00. The van der Waals surface area contributed by atoms with Gasteiger partial charge in [0, 0.05) is 6.54 Å². The van der Waals surface area contributed by atoms with Crippen LogP contribution in [0.5, 0.6) is 0 Å². The highest BCUT2D eigenvalue weighted by molar-refractivity contribution is 7.71. The Kier molecular flexibility index (Phi) is 2.87. The van der Waals surface area contributed by atoms with Gasteiger partial charge in [-0.1, -0.05) is 29.3 Å². The Hall–Kier alpha value is -0.770. The van der Waals surface area contributed by atoms with E-state index in [-0.39, 0.29) is 0 Å². The number of allylic oxidation sites excluding steroid dienone is 1. The number of H-pyrrole nitrogens is 1. The van der Waals surface area contributed by atoms with Gasteiger partial charge in [-0.2, -0.15) is 0 Å². The monoisotopic (exact) mass is 258 g/mol. The molecule has 0 atom stereocenters. The van der Waals surface area contributed by atoms with Gasteiger partial charge in [-0.15, -0.1) is 6.58 Å². The predicted octanol–water partition coefficient (Wildman–Crippen LogP) is 4.19. The highest BCUT2D eigenvalue weighted by Crippen LogP contribution is 2.27. The number of aromatic nitrogens is 2. The molecular formula is C10H8Cl2N2S. The Bertz CT molecular complexity index is 583. The maximum atomic E-state index is 5.95. The van der Waals surface area contributed by atoms with Crippen molar-refractivity contribution in [1.29, 1.82) is 0 Å². The topological polar surface area (TPSA) is 20.7 Å². The van der Waals surface area contributed by atoms with E-state index in [4.69, 9.17) is 35.4 Å². The molecule has 0 aliphatic carbocycles. The van der Waals surface area contributed by atoms with Gasteiger partial charge in [-0.05, 0) is 24.4 Å². The second kappa shape index (κ2) is 4.00. The highest BCUT2D eigenvalue weighted by atomic mass is 35.5. The first-order valence-electron chi connectivity index (χ1n) is 4.32. The molecule has 78 valence electrons. The maximum absolute atomic E-state index is 5.95. The summed E-state index contributed by atoms with van der Waals surface area (Å²) in [4.78, 5) is 3.07. The van der Waals surface area contributed by atoms with Crippen LogP contribution in [0.3, 0.4) is 0 Å². The van der Waals surface area contributed by atoms with Crippen molar-refractivity contribution in [2.75, 3.05) is 0 Å². The van der Waals surface area contributed by atoms with Gasteiger partial charge < -0.3 is 9.55 Å². The first-order valence-corrected chi connectivity index (χ1v) is 5.48. The molecule has 0 radical (unpaired) electrons. The minimum atomic E-state index is 0.520. The molecule has 2 rings (SSSR count). The second-order valence-corrected chi connectivity index (χ2v) is 4.31. The van der Waals surface area contributed by atoms with Crippen LogP contribution in [0, 0.1) is 4.77 Å². The standard InChI is InChI=1S/C10H8Cl2N2S/c1-2-3-14-9-5-7(12)6(11)4-8(9)13-10(14)15/h2,4-5H,1,3H2,(H,13,15). The van der Waals surface area contributed by atoms with E-state index in [0.29, 0.717) is 21.4 Å². The van der Waals surface area contributed by atoms with Gasteiger partial charge in [0.1, 0.15) is 0 Å². The lowest BCUT2D eigenvalue weighted by atomic mass is 10.3. The molecule has 0 saturated carbocycles. The first-order chi connectivity index (χ1) is 7.13. The quantitative estimate of drug-likeness (QED) is 0.633. The largest absolute Gasteiger partial charge is 0.331 e. The van der Waals surface area contributed by atoms with Gasteiger partial charge in [0.25, 0.3) is 0 Å². The fraction of sp³-hybridized carbons (Fsp3) is 0.100. The molecule has 0 unspecified atom stereocenters. The Morgan fingerprint density at radius 1 is 1.40 bits per heavy atom. The number of hydrogen-bond donors (Lipinski definition) is 1. The zero-order chi connectivity index (χ0) is 11.0. The zero-order valence-electron chi connectivity index (χ0n) is 7.76. The molecule has 0 spiro atoms. The van der Waals surface area contributed by atoms with Crippen molar-refractivity contribution in [2.45, 2.75) is 6.54 Å². The summed E-state index contributed by atoms with van der Waals surface area (Å²) in [6, 6.07) is 3.57. The summed E-state index contributed by atoms with van der Waals surface area (Å²) < 4.78 is 2.56. The number of aromatic amines is 1. The van der Waals surface area contributed by atoms with Crippen LogP contribution in [0.1, 0.15) is 0 Å². The molecule has 0 amide bonds. The van der Waals surface area contributed by atoms with E-state index >= 15 is 0 Å². The van der Waals surface area contributed by atoms with Crippen LogP contribution in [0.15, 0.2) is 24.8 Å². The molecule has 0 aliphatic rings. The number of rotatable bonds is 2. The molecule has 5 heteroatoms. The van der Waals surface area contributed by atoms with Crippen molar-refractivity contribution < 1.29 is 0 Å². The third-order valence-electron chi connectivity index (χ3n) is 2.13. The minimum absolute atomic E-state index is 0.520. The summed E-state index contributed by atoms with van der Waals surface area (Å²) >= 11 is 17.0. The molecule has 2 nitrogen and oxygen atoms in total. The number of halogens is 2. The number of fused-ring (bicyclic) bond motifs is 1. The zero-order valence-corrected chi connectivity index (χ0v) is 10.1. The van der Waals surface area contributed by atoms with Gasteiger partial charge in [0.2, 0.25) is 0 Å². The van der Waals surface area contributed by atoms with E-state index in [1.54, 1.807) is 18.2 Å². The molecule has 0 bridgehead atoms. The lowest BCUT2D eigenvalue weighted by molar-refractivity contribution is 0.836. The molecule has 1 aromatic carbocycles. The fourth-order valence-electron chi connectivity index (χ4n) is 1.46. The van der Waals surface area contributed by atoms with E-state index in [9.17, 15) is 0 Å². The van der Waals surface area contributed by atoms with E-state index in [2.05, 4.69) is 11.6 Å². The summed E-state index contributed by atoms with van der Waals surface area (Å²) in [6.07, 6.45) is 1.78. The molecule has 0 fully saturated rings. The Labute approximate surface area is 102 Å². The molecule has 15 heavy (non-hydrogen) atoms. The van der Waals surface area contributed by atoms with Crippen molar-refractivity contribution in [3.8, 4) is 0 Å². The number of benzene rings is 1. The van der Waals surface area contributed by atoms with Crippen LogP contribution in [-0.4, -0.2) is 9.55 Å². The Morgan fingerprint density at radius 2 is 2.07 bits per heavy atom. The van der Waals surface area contributed by atoms with Crippen LogP contribution < -0.4 is 0 Å². The van der Waals surface area contributed by atoms with Gasteiger partial charge in [-0.25, -0.2) is 0 Å². The van der Waals surface area contributed by atoms with Gasteiger partial charge in [0.05, 0.1) is 21.1 Å². The average Bonchev–Trinajstić information content (AvgIpc) is 2.46. The van der Waals surface area contributed by atoms with Crippen molar-refractivity contribution in [2.24, 2.45) is 0 Å². The predicted molar refractivity (Wildman–Crippen MR) is 67.3 cm³/mol. The van der Waals surface area contributed by atoms with Crippen molar-refractivity contribution in [3.63, 3.8) is 0 Å². The van der Waals surface area contributed by atoms with Crippen LogP contribution in [0.4, 0.5) is 0 Å². The summed E-state index contributed by atoms with van der Waals surface area (Å²) in [5.74, 6) is 0.